The Morgan fingerprint density at radius 1 is 1.17 bits per heavy atom. The molecule has 1 aliphatic rings. The van der Waals surface area contributed by atoms with Crippen molar-refractivity contribution in [3.05, 3.63) is 35.4 Å². The van der Waals surface area contributed by atoms with Gasteiger partial charge in [0.2, 0.25) is 0 Å². The minimum Gasteiger partial charge on any atom is -0.465 e. The summed E-state index contributed by atoms with van der Waals surface area (Å²) in [6, 6.07) is 7.95. The lowest BCUT2D eigenvalue weighted by atomic mass is 9.97. The van der Waals surface area contributed by atoms with Crippen LogP contribution in [-0.2, 0) is 29.6 Å². The lowest BCUT2D eigenvalue weighted by molar-refractivity contribution is -0.143. The van der Waals surface area contributed by atoms with Crippen LogP contribution in [0.5, 0.6) is 0 Å². The summed E-state index contributed by atoms with van der Waals surface area (Å²) in [4.78, 5) is 12.6. The summed E-state index contributed by atoms with van der Waals surface area (Å²) in [5.41, 5.74) is 1.32. The maximum Gasteiger partial charge on any atom is 0.345 e. The molecule has 0 aromatic heterocycles. The number of fused-ring (bicyclic) bond motifs is 1. The van der Waals surface area contributed by atoms with Crippen LogP contribution in [0.4, 0.5) is 0 Å². The third-order valence-electron chi connectivity index (χ3n) is 4.05. The fourth-order valence-electron chi connectivity index (χ4n) is 3.22. The van der Waals surface area contributed by atoms with Crippen LogP contribution in [-0.4, -0.2) is 31.4 Å². The summed E-state index contributed by atoms with van der Waals surface area (Å²) in [6.07, 6.45) is 1.60. The van der Waals surface area contributed by atoms with Gasteiger partial charge in [0.1, 0.15) is 0 Å². The predicted molar refractivity (Wildman–Crippen MR) is 88.8 cm³/mol. The average molecular weight is 340 g/mol. The van der Waals surface area contributed by atoms with E-state index in [1.807, 2.05) is 24.3 Å². The lowest BCUT2D eigenvalue weighted by Gasteiger charge is -2.29. The number of rotatable bonds is 8. The van der Waals surface area contributed by atoms with E-state index in [2.05, 4.69) is 0 Å². The van der Waals surface area contributed by atoms with Crippen LogP contribution in [0.1, 0.15) is 44.2 Å². The topological polar surface area (TPSA) is 61.8 Å². The summed E-state index contributed by atoms with van der Waals surface area (Å²) in [5, 5.41) is 0. The molecule has 0 amide bonds. The largest absolute Gasteiger partial charge is 0.465 e. The summed E-state index contributed by atoms with van der Waals surface area (Å²) in [5.74, 6) is -0.700. The van der Waals surface area contributed by atoms with E-state index in [4.69, 9.17) is 13.8 Å². The summed E-state index contributed by atoms with van der Waals surface area (Å²) >= 11 is 0. The van der Waals surface area contributed by atoms with Crippen LogP contribution in [0.2, 0.25) is 0 Å². The first-order chi connectivity index (χ1) is 11.1. The van der Waals surface area contributed by atoms with Crippen molar-refractivity contribution in [2.75, 3.05) is 19.8 Å². The highest BCUT2D eigenvalue weighted by Crippen LogP contribution is 2.59. The number of hydrogen-bond donors (Lipinski definition) is 0. The molecule has 5 nitrogen and oxygen atoms in total. The highest BCUT2D eigenvalue weighted by Gasteiger charge is 2.49. The molecule has 1 aromatic rings. The Balaban J connectivity index is 2.42. The first-order valence-electron chi connectivity index (χ1n) is 8.20. The molecule has 0 unspecified atom stereocenters. The Bertz CT molecular complexity index is 576. The molecule has 0 spiro atoms. The van der Waals surface area contributed by atoms with E-state index in [1.165, 1.54) is 5.56 Å². The van der Waals surface area contributed by atoms with Gasteiger partial charge in [-0.1, -0.05) is 24.3 Å². The molecule has 2 rings (SSSR count). The Labute approximate surface area is 137 Å². The number of hydrogen-bond acceptors (Lipinski definition) is 5. The van der Waals surface area contributed by atoms with Crippen LogP contribution < -0.4 is 0 Å². The van der Waals surface area contributed by atoms with Crippen molar-refractivity contribution in [1.82, 2.24) is 0 Å². The SMILES string of the molecule is CCOC(=O)[C@@H]([C@H]1CCc2ccccc21)P(=O)(OCC)OCC. The molecule has 0 bridgehead atoms. The molecule has 0 saturated carbocycles. The van der Waals surface area contributed by atoms with Crippen molar-refractivity contribution in [3.63, 3.8) is 0 Å². The van der Waals surface area contributed by atoms with Gasteiger partial charge in [-0.05, 0) is 44.7 Å². The minimum absolute atomic E-state index is 0.200. The molecular formula is C17H25O5P. The molecular weight excluding hydrogens is 315 g/mol. The van der Waals surface area contributed by atoms with Crippen molar-refractivity contribution < 1.29 is 23.1 Å². The Kier molecular flexibility index (Phi) is 6.40. The van der Waals surface area contributed by atoms with Gasteiger partial charge in [0.05, 0.1) is 19.8 Å². The lowest BCUT2D eigenvalue weighted by Crippen LogP contribution is -2.31. The molecule has 6 heteroatoms. The van der Waals surface area contributed by atoms with Gasteiger partial charge in [-0.15, -0.1) is 0 Å². The van der Waals surface area contributed by atoms with E-state index in [9.17, 15) is 9.36 Å². The Morgan fingerprint density at radius 2 is 1.83 bits per heavy atom. The van der Waals surface area contributed by atoms with Crippen LogP contribution in [0.3, 0.4) is 0 Å². The maximum absolute atomic E-state index is 13.3. The Morgan fingerprint density at radius 3 is 2.43 bits per heavy atom. The first kappa shape index (κ1) is 18.2. The normalized spacial score (nSPS) is 18.5. The fourth-order valence-corrected chi connectivity index (χ4v) is 5.42. The van der Waals surface area contributed by atoms with Crippen LogP contribution in [0.15, 0.2) is 24.3 Å². The van der Waals surface area contributed by atoms with E-state index in [0.717, 1.165) is 18.4 Å². The number of carbonyl (C=O) groups is 1. The van der Waals surface area contributed by atoms with Gasteiger partial charge in [-0.2, -0.15) is 0 Å². The highest BCUT2D eigenvalue weighted by atomic mass is 31.2. The zero-order valence-corrected chi connectivity index (χ0v) is 14.9. The second kappa shape index (κ2) is 8.09. The van der Waals surface area contributed by atoms with Crippen LogP contribution in [0.25, 0.3) is 0 Å². The van der Waals surface area contributed by atoms with E-state index < -0.39 is 19.2 Å². The van der Waals surface area contributed by atoms with Gasteiger partial charge in [-0.25, -0.2) is 0 Å². The van der Waals surface area contributed by atoms with Crippen LogP contribution >= 0.6 is 7.60 Å². The quantitative estimate of drug-likeness (QED) is 0.530. The van der Waals surface area contributed by atoms with Gasteiger partial charge >= 0.3 is 13.6 Å². The number of benzene rings is 1. The molecule has 0 heterocycles. The van der Waals surface area contributed by atoms with Crippen molar-refractivity contribution >= 4 is 13.6 Å². The first-order valence-corrected chi connectivity index (χ1v) is 9.81. The molecule has 0 saturated heterocycles. The monoisotopic (exact) mass is 340 g/mol. The fraction of sp³-hybridized carbons (Fsp3) is 0.588. The molecule has 128 valence electrons. The molecule has 0 radical (unpaired) electrons. The molecule has 1 aliphatic carbocycles. The summed E-state index contributed by atoms with van der Waals surface area (Å²) < 4.78 is 29.4. The molecule has 0 fully saturated rings. The maximum atomic E-state index is 13.3. The second-order valence-electron chi connectivity index (χ2n) is 5.42. The number of ether oxygens (including phenoxy) is 1. The van der Waals surface area contributed by atoms with E-state index >= 15 is 0 Å². The summed E-state index contributed by atoms with van der Waals surface area (Å²) in [7, 11) is -3.59. The Hall–Kier alpha value is -1.16. The van der Waals surface area contributed by atoms with Gasteiger partial charge in [0.15, 0.2) is 5.66 Å². The van der Waals surface area contributed by atoms with E-state index in [0.29, 0.717) is 0 Å². The van der Waals surface area contributed by atoms with Crippen molar-refractivity contribution in [2.24, 2.45) is 0 Å². The molecule has 0 N–H and O–H groups in total. The van der Waals surface area contributed by atoms with Gasteiger partial charge in [-0.3, -0.25) is 9.36 Å². The number of aryl methyl sites for hydroxylation is 1. The number of esters is 1. The van der Waals surface area contributed by atoms with Crippen LogP contribution in [0, 0.1) is 0 Å². The third kappa shape index (κ3) is 3.85. The standard InChI is InChI=1S/C17H25O5P/c1-4-20-17(18)16(23(19,21-5-2)22-6-3)15-12-11-13-9-7-8-10-14(13)15/h7-10,15-16H,4-6,11-12H2,1-3H3/t15-,16+/m0/s1. The second-order valence-corrected chi connectivity index (χ2v) is 7.57. The average Bonchev–Trinajstić information content (AvgIpc) is 2.92. The van der Waals surface area contributed by atoms with Crippen molar-refractivity contribution in [2.45, 2.75) is 45.2 Å². The zero-order valence-electron chi connectivity index (χ0n) is 14.0. The van der Waals surface area contributed by atoms with Crippen molar-refractivity contribution in [3.8, 4) is 0 Å². The smallest absolute Gasteiger partial charge is 0.345 e. The minimum atomic E-state index is -3.59. The third-order valence-corrected chi connectivity index (χ3v) is 6.54. The van der Waals surface area contributed by atoms with Gasteiger partial charge in [0.25, 0.3) is 0 Å². The predicted octanol–water partition coefficient (Wildman–Crippen LogP) is 3.91. The molecule has 1 aromatic carbocycles. The van der Waals surface area contributed by atoms with E-state index in [-0.39, 0.29) is 25.7 Å². The molecule has 0 aliphatic heterocycles. The number of carbonyl (C=O) groups excluding carboxylic acids is 1. The highest BCUT2D eigenvalue weighted by molar-refractivity contribution is 7.55. The van der Waals surface area contributed by atoms with E-state index in [1.54, 1.807) is 20.8 Å². The zero-order chi connectivity index (χ0) is 16.9. The van der Waals surface area contributed by atoms with Crippen molar-refractivity contribution in [1.29, 1.82) is 0 Å². The molecule has 2 atom stereocenters. The summed E-state index contributed by atoms with van der Waals surface area (Å²) in [6.45, 7) is 5.92. The molecule has 23 heavy (non-hydrogen) atoms. The van der Waals surface area contributed by atoms with Gasteiger partial charge in [0, 0.05) is 5.92 Å². The van der Waals surface area contributed by atoms with Gasteiger partial charge < -0.3 is 13.8 Å².